The van der Waals surface area contributed by atoms with Crippen molar-refractivity contribution in [2.75, 3.05) is 32.8 Å². The lowest BCUT2D eigenvalue weighted by molar-refractivity contribution is -0.133. The lowest BCUT2D eigenvalue weighted by Crippen LogP contribution is -2.37. The first-order valence-corrected chi connectivity index (χ1v) is 7.82. The monoisotopic (exact) mass is 390 g/mol. The normalized spacial score (nSPS) is 16.0. The van der Waals surface area contributed by atoms with E-state index in [1.807, 2.05) is 23.1 Å². The van der Waals surface area contributed by atoms with Gasteiger partial charge in [-0.05, 0) is 57.0 Å². The molecule has 1 saturated heterocycles. The first-order chi connectivity index (χ1) is 9.18. The van der Waals surface area contributed by atoms with Crippen LogP contribution in [0.25, 0.3) is 0 Å². The van der Waals surface area contributed by atoms with Gasteiger partial charge in [-0.15, -0.1) is 0 Å². The Morgan fingerprint density at radius 3 is 2.74 bits per heavy atom. The molecule has 1 fully saturated rings. The first kappa shape index (κ1) is 14.8. The Kier molecular flexibility index (Phi) is 5.66. The fourth-order valence-electron chi connectivity index (χ4n) is 1.94. The van der Waals surface area contributed by atoms with E-state index in [0.717, 1.165) is 41.5 Å². The Balaban J connectivity index is 1.92. The molecular formula is C13H16Br2N2O2. The molecule has 1 aliphatic rings. The number of nitrogens with one attached hydrogen (secondary N) is 1. The van der Waals surface area contributed by atoms with Crippen molar-refractivity contribution in [3.63, 3.8) is 0 Å². The topological polar surface area (TPSA) is 41.6 Å². The van der Waals surface area contributed by atoms with Crippen LogP contribution in [0, 0.1) is 0 Å². The smallest absolute Gasteiger partial charge is 0.260 e. The van der Waals surface area contributed by atoms with Gasteiger partial charge in [-0.3, -0.25) is 4.79 Å². The van der Waals surface area contributed by atoms with Crippen LogP contribution in [0.4, 0.5) is 0 Å². The van der Waals surface area contributed by atoms with Gasteiger partial charge in [0.1, 0.15) is 5.75 Å². The summed E-state index contributed by atoms with van der Waals surface area (Å²) in [6.07, 6.45) is 0.991. The van der Waals surface area contributed by atoms with E-state index in [1.54, 1.807) is 0 Å². The Hall–Kier alpha value is -0.590. The summed E-state index contributed by atoms with van der Waals surface area (Å²) in [5.41, 5.74) is 0. The molecule has 0 aliphatic carbocycles. The summed E-state index contributed by atoms with van der Waals surface area (Å²) in [7, 11) is 0. The lowest BCUT2D eigenvalue weighted by Gasteiger charge is -2.20. The highest BCUT2D eigenvalue weighted by molar-refractivity contribution is 9.11. The fraction of sp³-hybridized carbons (Fsp3) is 0.462. The highest BCUT2D eigenvalue weighted by Crippen LogP contribution is 2.32. The molecule has 1 aromatic carbocycles. The Labute approximate surface area is 129 Å². The molecular weight excluding hydrogens is 376 g/mol. The van der Waals surface area contributed by atoms with Gasteiger partial charge in [0.2, 0.25) is 0 Å². The number of amides is 1. The molecule has 6 heteroatoms. The summed E-state index contributed by atoms with van der Waals surface area (Å²) >= 11 is 6.83. The van der Waals surface area contributed by atoms with Crippen molar-refractivity contribution in [1.29, 1.82) is 0 Å². The van der Waals surface area contributed by atoms with E-state index in [2.05, 4.69) is 37.2 Å². The number of hydrogen-bond acceptors (Lipinski definition) is 3. The van der Waals surface area contributed by atoms with Crippen molar-refractivity contribution >= 4 is 37.8 Å². The second kappa shape index (κ2) is 7.26. The third kappa shape index (κ3) is 4.19. The third-order valence-electron chi connectivity index (χ3n) is 2.95. The van der Waals surface area contributed by atoms with Crippen molar-refractivity contribution < 1.29 is 9.53 Å². The minimum Gasteiger partial charge on any atom is -0.481 e. The molecule has 1 amide bonds. The summed E-state index contributed by atoms with van der Waals surface area (Å²) in [5.74, 6) is 0.704. The number of halogens is 2. The number of carbonyl (C=O) groups is 1. The largest absolute Gasteiger partial charge is 0.481 e. The van der Waals surface area contributed by atoms with Crippen molar-refractivity contribution in [3.8, 4) is 5.75 Å². The highest BCUT2D eigenvalue weighted by Gasteiger charge is 2.16. The molecule has 19 heavy (non-hydrogen) atoms. The van der Waals surface area contributed by atoms with E-state index >= 15 is 0 Å². The van der Waals surface area contributed by atoms with Gasteiger partial charge < -0.3 is 15.0 Å². The second-order valence-electron chi connectivity index (χ2n) is 4.32. The van der Waals surface area contributed by atoms with Crippen molar-refractivity contribution in [2.45, 2.75) is 6.42 Å². The Bertz CT molecular complexity index is 426. The minimum absolute atomic E-state index is 0.0337. The Morgan fingerprint density at radius 1 is 1.26 bits per heavy atom. The number of hydrogen-bond donors (Lipinski definition) is 1. The molecule has 0 bridgehead atoms. The number of nitrogens with zero attached hydrogens (tertiary/aromatic N) is 1. The van der Waals surface area contributed by atoms with Gasteiger partial charge in [0, 0.05) is 19.6 Å². The van der Waals surface area contributed by atoms with Crippen LogP contribution in [0.5, 0.6) is 5.75 Å². The SMILES string of the molecule is O=C(COc1c(Br)cccc1Br)N1CCCNCC1. The van der Waals surface area contributed by atoms with Crippen LogP contribution in [0.3, 0.4) is 0 Å². The van der Waals surface area contributed by atoms with Gasteiger partial charge in [-0.2, -0.15) is 0 Å². The molecule has 104 valence electrons. The number of carbonyl (C=O) groups excluding carboxylic acids is 1. The van der Waals surface area contributed by atoms with Gasteiger partial charge in [0.05, 0.1) is 8.95 Å². The van der Waals surface area contributed by atoms with E-state index in [-0.39, 0.29) is 12.5 Å². The molecule has 0 radical (unpaired) electrons. The fourth-order valence-corrected chi connectivity index (χ4v) is 3.17. The molecule has 0 atom stereocenters. The zero-order valence-electron chi connectivity index (χ0n) is 10.5. The predicted molar refractivity (Wildman–Crippen MR) is 81.4 cm³/mol. The summed E-state index contributed by atoms with van der Waals surface area (Å²) in [6, 6.07) is 5.68. The number of benzene rings is 1. The molecule has 4 nitrogen and oxygen atoms in total. The quantitative estimate of drug-likeness (QED) is 0.860. The standard InChI is InChI=1S/C13H16Br2N2O2/c14-10-3-1-4-11(15)13(10)19-9-12(18)17-7-2-5-16-6-8-17/h1,3-4,16H,2,5-9H2. The van der Waals surface area contributed by atoms with E-state index in [9.17, 15) is 4.79 Å². The lowest BCUT2D eigenvalue weighted by atomic mass is 10.3. The van der Waals surface area contributed by atoms with Crippen LogP contribution in [-0.2, 0) is 4.79 Å². The van der Waals surface area contributed by atoms with Crippen molar-refractivity contribution in [3.05, 3.63) is 27.1 Å². The maximum atomic E-state index is 12.1. The predicted octanol–water partition coefficient (Wildman–Crippen LogP) is 2.41. The molecule has 0 spiro atoms. The molecule has 0 unspecified atom stereocenters. The van der Waals surface area contributed by atoms with Crippen LogP contribution >= 0.6 is 31.9 Å². The van der Waals surface area contributed by atoms with Crippen LogP contribution in [0.15, 0.2) is 27.1 Å². The number of ether oxygens (including phenoxy) is 1. The maximum absolute atomic E-state index is 12.1. The van der Waals surface area contributed by atoms with Crippen molar-refractivity contribution in [2.24, 2.45) is 0 Å². The average molecular weight is 392 g/mol. The molecule has 2 rings (SSSR count). The zero-order valence-corrected chi connectivity index (χ0v) is 13.7. The minimum atomic E-state index is 0.0337. The van der Waals surface area contributed by atoms with Crippen LogP contribution in [-0.4, -0.2) is 43.6 Å². The van der Waals surface area contributed by atoms with E-state index < -0.39 is 0 Å². The summed E-state index contributed by atoms with van der Waals surface area (Å²) in [6.45, 7) is 3.44. The Morgan fingerprint density at radius 2 is 2.00 bits per heavy atom. The van der Waals surface area contributed by atoms with Gasteiger partial charge in [-0.25, -0.2) is 0 Å². The van der Waals surface area contributed by atoms with Crippen molar-refractivity contribution in [1.82, 2.24) is 10.2 Å². The molecule has 1 heterocycles. The van der Waals surface area contributed by atoms with Gasteiger partial charge in [-0.1, -0.05) is 6.07 Å². The zero-order chi connectivity index (χ0) is 13.7. The van der Waals surface area contributed by atoms with Crippen LogP contribution in [0.2, 0.25) is 0 Å². The van der Waals surface area contributed by atoms with E-state index in [0.29, 0.717) is 5.75 Å². The van der Waals surface area contributed by atoms with Gasteiger partial charge >= 0.3 is 0 Å². The maximum Gasteiger partial charge on any atom is 0.260 e. The molecule has 0 aromatic heterocycles. The first-order valence-electron chi connectivity index (χ1n) is 6.24. The average Bonchev–Trinajstić information content (AvgIpc) is 2.66. The molecule has 1 aliphatic heterocycles. The third-order valence-corrected chi connectivity index (χ3v) is 4.20. The highest BCUT2D eigenvalue weighted by atomic mass is 79.9. The second-order valence-corrected chi connectivity index (χ2v) is 6.03. The van der Waals surface area contributed by atoms with Gasteiger partial charge in [0.15, 0.2) is 6.61 Å². The summed E-state index contributed by atoms with van der Waals surface area (Å²) < 4.78 is 7.30. The van der Waals surface area contributed by atoms with Crippen LogP contribution in [0.1, 0.15) is 6.42 Å². The van der Waals surface area contributed by atoms with E-state index in [1.165, 1.54) is 0 Å². The molecule has 1 aromatic rings. The summed E-state index contributed by atoms with van der Waals surface area (Å²) in [5, 5.41) is 3.27. The van der Waals surface area contributed by atoms with Gasteiger partial charge in [0.25, 0.3) is 5.91 Å². The van der Waals surface area contributed by atoms with E-state index in [4.69, 9.17) is 4.74 Å². The molecule has 0 saturated carbocycles. The van der Waals surface area contributed by atoms with Crippen LogP contribution < -0.4 is 10.1 Å². The summed E-state index contributed by atoms with van der Waals surface area (Å²) in [4.78, 5) is 13.9. The number of para-hydroxylation sites is 1. The molecule has 1 N–H and O–H groups in total. The number of rotatable bonds is 3.